The van der Waals surface area contributed by atoms with Crippen LogP contribution in [0.5, 0.6) is 6.01 Å². The molecule has 2 amide bonds. The van der Waals surface area contributed by atoms with Gasteiger partial charge in [-0.1, -0.05) is 0 Å². The van der Waals surface area contributed by atoms with E-state index in [1.807, 2.05) is 0 Å². The lowest BCUT2D eigenvalue weighted by Crippen LogP contribution is -2.51. The van der Waals surface area contributed by atoms with E-state index in [9.17, 15) is 31.9 Å². The van der Waals surface area contributed by atoms with E-state index in [1.165, 1.54) is 36.8 Å². The van der Waals surface area contributed by atoms with E-state index < -0.39 is 35.6 Å². The van der Waals surface area contributed by atoms with Gasteiger partial charge in [0.1, 0.15) is 17.0 Å². The molecule has 4 aromatic heterocycles. The molecule has 0 unspecified atom stereocenters. The van der Waals surface area contributed by atoms with Gasteiger partial charge in [0.2, 0.25) is 5.95 Å². The molecule has 0 aromatic carbocycles. The number of nitrogens with one attached hydrogen (secondary N) is 2. The van der Waals surface area contributed by atoms with E-state index in [-0.39, 0.29) is 46.8 Å². The molecular formula is C29H32F5N11O3. The fourth-order valence-electron chi connectivity index (χ4n) is 5.07. The highest BCUT2D eigenvalue weighted by molar-refractivity contribution is 5.91. The Kier molecular flexibility index (Phi) is 9.97. The van der Waals surface area contributed by atoms with Crippen molar-refractivity contribution >= 4 is 17.8 Å². The van der Waals surface area contributed by atoms with Crippen molar-refractivity contribution in [3.8, 4) is 28.7 Å². The summed E-state index contributed by atoms with van der Waals surface area (Å²) in [5, 5.41) is 19.5. The van der Waals surface area contributed by atoms with Crippen molar-refractivity contribution in [2.24, 2.45) is 0 Å². The second-order valence-corrected chi connectivity index (χ2v) is 11.6. The maximum absolute atomic E-state index is 13.7. The summed E-state index contributed by atoms with van der Waals surface area (Å²) in [5.74, 6) is 0.133. The van der Waals surface area contributed by atoms with E-state index in [0.29, 0.717) is 43.1 Å². The minimum atomic E-state index is -4.85. The largest absolute Gasteiger partial charge is 0.467 e. The van der Waals surface area contributed by atoms with Crippen LogP contribution in [0.3, 0.4) is 0 Å². The van der Waals surface area contributed by atoms with Crippen molar-refractivity contribution in [2.45, 2.75) is 69.9 Å². The van der Waals surface area contributed by atoms with Gasteiger partial charge in [0.05, 0.1) is 30.8 Å². The zero-order valence-electron chi connectivity index (χ0n) is 26.0. The molecule has 48 heavy (non-hydrogen) atoms. The average Bonchev–Trinajstić information content (AvgIpc) is 3.55. The van der Waals surface area contributed by atoms with E-state index in [4.69, 9.17) is 4.74 Å². The summed E-state index contributed by atoms with van der Waals surface area (Å²) in [6.07, 6.45) is 4.42. The molecule has 1 aliphatic rings. The van der Waals surface area contributed by atoms with E-state index in [2.05, 4.69) is 45.6 Å². The van der Waals surface area contributed by atoms with Gasteiger partial charge in [-0.15, -0.1) is 0 Å². The lowest BCUT2D eigenvalue weighted by Gasteiger charge is -2.36. The van der Waals surface area contributed by atoms with E-state index in [0.717, 1.165) is 12.3 Å². The number of methoxy groups -OCH3 is 1. The van der Waals surface area contributed by atoms with Gasteiger partial charge in [-0.05, 0) is 45.6 Å². The molecule has 1 saturated carbocycles. The molecule has 0 radical (unpaired) electrons. The van der Waals surface area contributed by atoms with Gasteiger partial charge in [0, 0.05) is 49.0 Å². The number of nitrogens with zero attached hydrogens (tertiary/aromatic N) is 9. The number of halogens is 5. The zero-order valence-corrected chi connectivity index (χ0v) is 26.0. The Balaban J connectivity index is 1.32. The minimum absolute atomic E-state index is 0.0307. The Morgan fingerprint density at radius 3 is 2.29 bits per heavy atom. The Labute approximate surface area is 270 Å². The second kappa shape index (κ2) is 14.0. The number of ether oxygens (including phenoxy) is 1. The molecular weight excluding hydrogens is 645 g/mol. The van der Waals surface area contributed by atoms with Crippen LogP contribution < -0.4 is 20.3 Å². The maximum atomic E-state index is 13.7. The molecule has 0 bridgehead atoms. The summed E-state index contributed by atoms with van der Waals surface area (Å²) >= 11 is 0. The smallest absolute Gasteiger partial charge is 0.420 e. The van der Waals surface area contributed by atoms with Crippen LogP contribution in [0.1, 0.15) is 51.6 Å². The van der Waals surface area contributed by atoms with Crippen LogP contribution in [0.4, 0.5) is 38.5 Å². The van der Waals surface area contributed by atoms with Gasteiger partial charge in [-0.3, -0.25) is 9.88 Å². The predicted octanol–water partition coefficient (Wildman–Crippen LogP) is 4.72. The summed E-state index contributed by atoms with van der Waals surface area (Å²) < 4.78 is 72.5. The van der Waals surface area contributed by atoms with Crippen LogP contribution in [-0.2, 0) is 6.18 Å². The molecule has 19 heteroatoms. The van der Waals surface area contributed by atoms with Gasteiger partial charge >= 0.3 is 24.8 Å². The number of hydrogen-bond acceptors (Lipinski definition) is 11. The number of urea groups is 1. The summed E-state index contributed by atoms with van der Waals surface area (Å²) in [7, 11) is 1.45. The third-order valence-corrected chi connectivity index (χ3v) is 7.42. The maximum Gasteiger partial charge on any atom is 0.420 e. The third kappa shape index (κ3) is 8.25. The highest BCUT2D eigenvalue weighted by atomic mass is 19.4. The molecule has 5 rings (SSSR count). The lowest BCUT2D eigenvalue weighted by molar-refractivity contribution is -0.137. The number of hydrogen-bond donors (Lipinski definition) is 3. The number of alkyl halides is 5. The van der Waals surface area contributed by atoms with Crippen LogP contribution in [0.25, 0.3) is 22.6 Å². The molecule has 256 valence electrons. The molecule has 4 heterocycles. The fraction of sp³-hybridized carbons (Fsp3) is 0.448. The molecule has 4 aromatic rings. The molecule has 0 spiro atoms. The van der Waals surface area contributed by atoms with Gasteiger partial charge < -0.3 is 20.5 Å². The normalized spacial score (nSPS) is 16.9. The molecule has 0 atom stereocenters. The summed E-state index contributed by atoms with van der Waals surface area (Å²) in [6.45, 7) is 0.0431. The SMILES string of the molecule is COc1ncc(-c2cnc(N(C(=O)NCC(C)(C)O)C3CCC(Nc4ncc(C(F)(F)F)c(-c5ccn(C(F)F)n5)n4)CC3)cn2)cn1. The number of amides is 2. The van der Waals surface area contributed by atoms with Crippen LogP contribution in [-0.4, -0.2) is 82.2 Å². The Morgan fingerprint density at radius 2 is 1.73 bits per heavy atom. The average molecular weight is 678 g/mol. The van der Waals surface area contributed by atoms with Crippen LogP contribution >= 0.6 is 0 Å². The van der Waals surface area contributed by atoms with Crippen molar-refractivity contribution in [1.82, 2.24) is 45.0 Å². The van der Waals surface area contributed by atoms with E-state index >= 15 is 0 Å². The first kappa shape index (κ1) is 34.3. The Bertz CT molecular complexity index is 1690. The van der Waals surface area contributed by atoms with Crippen LogP contribution in [0.15, 0.2) is 43.2 Å². The van der Waals surface area contributed by atoms with Crippen molar-refractivity contribution in [3.05, 3.63) is 48.8 Å². The van der Waals surface area contributed by atoms with Crippen molar-refractivity contribution in [2.75, 3.05) is 23.9 Å². The van der Waals surface area contributed by atoms with Crippen LogP contribution in [0.2, 0.25) is 0 Å². The molecule has 1 aliphatic carbocycles. The number of carbonyl (C=O) groups excluding carboxylic acids is 1. The topological polar surface area (TPSA) is 169 Å². The molecule has 14 nitrogen and oxygen atoms in total. The van der Waals surface area contributed by atoms with Gasteiger partial charge in [-0.2, -0.15) is 27.1 Å². The first-order chi connectivity index (χ1) is 22.7. The van der Waals surface area contributed by atoms with Gasteiger partial charge in [0.15, 0.2) is 5.82 Å². The zero-order chi connectivity index (χ0) is 34.6. The highest BCUT2D eigenvalue weighted by Gasteiger charge is 2.37. The van der Waals surface area contributed by atoms with Gasteiger partial charge in [0.25, 0.3) is 0 Å². The summed E-state index contributed by atoms with van der Waals surface area (Å²) in [5.41, 5.74) is -2.36. The Morgan fingerprint density at radius 1 is 1.02 bits per heavy atom. The number of carbonyl (C=O) groups is 1. The first-order valence-electron chi connectivity index (χ1n) is 14.7. The van der Waals surface area contributed by atoms with Crippen molar-refractivity contribution < 1.29 is 36.6 Å². The molecule has 0 saturated heterocycles. The monoisotopic (exact) mass is 677 g/mol. The number of rotatable bonds is 10. The van der Waals surface area contributed by atoms with E-state index in [1.54, 1.807) is 13.8 Å². The number of anilines is 2. The molecule has 3 N–H and O–H groups in total. The third-order valence-electron chi connectivity index (χ3n) is 7.42. The summed E-state index contributed by atoms with van der Waals surface area (Å²) in [6, 6.07) is 0.0829. The number of aliphatic hydroxyl groups is 1. The quantitative estimate of drug-likeness (QED) is 0.199. The lowest BCUT2D eigenvalue weighted by atomic mass is 9.90. The Hall–Kier alpha value is -5.07. The number of aromatic nitrogens is 8. The first-order valence-corrected chi connectivity index (χ1v) is 14.7. The van der Waals surface area contributed by atoms with Crippen LogP contribution in [0, 0.1) is 0 Å². The predicted molar refractivity (Wildman–Crippen MR) is 161 cm³/mol. The summed E-state index contributed by atoms with van der Waals surface area (Å²) in [4.78, 5) is 39.8. The molecule has 1 fully saturated rings. The highest BCUT2D eigenvalue weighted by Crippen LogP contribution is 2.36. The van der Waals surface area contributed by atoms with Crippen molar-refractivity contribution in [1.29, 1.82) is 0 Å². The second-order valence-electron chi connectivity index (χ2n) is 11.6. The molecule has 0 aliphatic heterocycles. The minimum Gasteiger partial charge on any atom is -0.467 e. The van der Waals surface area contributed by atoms with Gasteiger partial charge in [-0.25, -0.2) is 34.4 Å². The van der Waals surface area contributed by atoms with Crippen molar-refractivity contribution in [3.63, 3.8) is 0 Å². The fourth-order valence-corrected chi connectivity index (χ4v) is 5.07. The standard InChI is InChI=1S/C29H32F5N11O3/c1-28(2,47)15-40-27(46)45(22-14-35-21(13-36-22)16-10-38-26(48-3)39-11-16)18-6-4-17(5-7-18)41-25-37-12-19(29(32,33)34)23(42-25)20-8-9-44(43-20)24(30)31/h8-14,17-18,24,47H,4-7,15H2,1-3H3,(H,40,46)(H,37,41,42).